The van der Waals surface area contributed by atoms with Gasteiger partial charge in [-0.3, -0.25) is 9.59 Å². The first-order chi connectivity index (χ1) is 11.1. The maximum Gasteiger partial charge on any atom is 0.251 e. The second-order valence-electron chi connectivity index (χ2n) is 5.30. The second-order valence-corrected chi connectivity index (χ2v) is 5.30. The molecule has 5 heteroatoms. The number of nitrogens with one attached hydrogen (secondary N) is 3. The largest absolute Gasteiger partial charge is 0.361 e. The van der Waals surface area contributed by atoms with Gasteiger partial charge in [0, 0.05) is 41.8 Å². The number of aromatic nitrogens is 1. The fraction of sp³-hybridized carbons (Fsp3) is 0.111. The van der Waals surface area contributed by atoms with Crippen LogP contribution in [0.1, 0.15) is 22.8 Å². The molecule has 3 rings (SSSR count). The van der Waals surface area contributed by atoms with Gasteiger partial charge < -0.3 is 15.6 Å². The highest BCUT2D eigenvalue weighted by molar-refractivity contribution is 5.95. The Balaban J connectivity index is 1.66. The van der Waals surface area contributed by atoms with Crippen molar-refractivity contribution in [1.29, 1.82) is 0 Å². The minimum absolute atomic E-state index is 0.137. The van der Waals surface area contributed by atoms with Crippen molar-refractivity contribution < 1.29 is 9.59 Å². The third-order valence-corrected chi connectivity index (χ3v) is 3.58. The summed E-state index contributed by atoms with van der Waals surface area (Å²) >= 11 is 0. The summed E-state index contributed by atoms with van der Waals surface area (Å²) in [5.74, 6) is -0.286. The van der Waals surface area contributed by atoms with Gasteiger partial charge in [-0.15, -0.1) is 0 Å². The number of anilines is 1. The summed E-state index contributed by atoms with van der Waals surface area (Å²) in [6, 6.07) is 14.8. The number of para-hydroxylation sites is 1. The quantitative estimate of drug-likeness (QED) is 0.693. The van der Waals surface area contributed by atoms with Gasteiger partial charge in [0.15, 0.2) is 0 Å². The molecule has 1 heterocycles. The maximum absolute atomic E-state index is 12.2. The van der Waals surface area contributed by atoms with Crippen LogP contribution in [0.15, 0.2) is 54.7 Å². The molecule has 0 atom stereocenters. The van der Waals surface area contributed by atoms with Crippen LogP contribution in [0.25, 0.3) is 10.9 Å². The Labute approximate surface area is 133 Å². The van der Waals surface area contributed by atoms with Gasteiger partial charge in [-0.25, -0.2) is 0 Å². The molecule has 0 radical (unpaired) electrons. The molecule has 0 aliphatic heterocycles. The monoisotopic (exact) mass is 307 g/mol. The molecule has 23 heavy (non-hydrogen) atoms. The molecule has 0 spiro atoms. The number of amides is 2. The van der Waals surface area contributed by atoms with Crippen LogP contribution in [0.2, 0.25) is 0 Å². The molecule has 0 aliphatic rings. The van der Waals surface area contributed by atoms with Crippen molar-refractivity contribution in [2.75, 3.05) is 5.32 Å². The van der Waals surface area contributed by atoms with Crippen molar-refractivity contribution >= 4 is 28.4 Å². The van der Waals surface area contributed by atoms with Crippen LogP contribution in [0.4, 0.5) is 5.69 Å². The van der Waals surface area contributed by atoms with Gasteiger partial charge in [0.2, 0.25) is 5.91 Å². The number of carbonyl (C=O) groups excluding carboxylic acids is 2. The van der Waals surface area contributed by atoms with Crippen molar-refractivity contribution in [2.45, 2.75) is 13.5 Å². The molecule has 0 aliphatic carbocycles. The van der Waals surface area contributed by atoms with Crippen LogP contribution in [0.3, 0.4) is 0 Å². The van der Waals surface area contributed by atoms with Crippen LogP contribution in [0, 0.1) is 0 Å². The van der Waals surface area contributed by atoms with E-state index in [0.29, 0.717) is 17.8 Å². The third-order valence-electron chi connectivity index (χ3n) is 3.58. The van der Waals surface area contributed by atoms with E-state index in [9.17, 15) is 9.59 Å². The van der Waals surface area contributed by atoms with E-state index in [0.717, 1.165) is 16.5 Å². The van der Waals surface area contributed by atoms with Gasteiger partial charge in [0.25, 0.3) is 5.91 Å². The van der Waals surface area contributed by atoms with E-state index in [2.05, 4.69) is 15.6 Å². The summed E-state index contributed by atoms with van der Waals surface area (Å²) in [6.45, 7) is 1.90. The molecule has 3 aromatic rings. The number of hydrogen-bond acceptors (Lipinski definition) is 2. The number of rotatable bonds is 4. The highest BCUT2D eigenvalue weighted by Crippen LogP contribution is 2.17. The highest BCUT2D eigenvalue weighted by Gasteiger charge is 2.08. The minimum Gasteiger partial charge on any atom is -0.361 e. The van der Waals surface area contributed by atoms with Gasteiger partial charge in [-0.2, -0.15) is 0 Å². The van der Waals surface area contributed by atoms with Crippen molar-refractivity contribution in [3.8, 4) is 0 Å². The van der Waals surface area contributed by atoms with Crippen LogP contribution >= 0.6 is 0 Å². The number of fused-ring (bicyclic) bond motifs is 1. The third kappa shape index (κ3) is 3.40. The van der Waals surface area contributed by atoms with Gasteiger partial charge in [-0.1, -0.05) is 18.2 Å². The van der Waals surface area contributed by atoms with E-state index < -0.39 is 0 Å². The summed E-state index contributed by atoms with van der Waals surface area (Å²) in [5.41, 5.74) is 3.32. The van der Waals surface area contributed by atoms with E-state index >= 15 is 0 Å². The average molecular weight is 307 g/mol. The Morgan fingerprint density at radius 1 is 1.04 bits per heavy atom. The predicted molar refractivity (Wildman–Crippen MR) is 90.2 cm³/mol. The topological polar surface area (TPSA) is 74.0 Å². The van der Waals surface area contributed by atoms with Crippen molar-refractivity contribution in [2.24, 2.45) is 0 Å². The van der Waals surface area contributed by atoms with Crippen LogP contribution < -0.4 is 10.6 Å². The summed E-state index contributed by atoms with van der Waals surface area (Å²) in [4.78, 5) is 26.4. The molecular weight excluding hydrogens is 290 g/mol. The Morgan fingerprint density at radius 2 is 1.78 bits per heavy atom. The normalized spacial score (nSPS) is 10.5. The molecule has 0 unspecified atom stereocenters. The molecule has 2 aromatic carbocycles. The first kappa shape index (κ1) is 14.8. The molecule has 0 saturated heterocycles. The van der Waals surface area contributed by atoms with Crippen molar-refractivity contribution in [1.82, 2.24) is 10.3 Å². The van der Waals surface area contributed by atoms with Crippen molar-refractivity contribution in [3.05, 3.63) is 65.9 Å². The number of aromatic amines is 1. The van der Waals surface area contributed by atoms with Gasteiger partial charge in [0.1, 0.15) is 0 Å². The SMILES string of the molecule is CC(=O)Nc1ccc(C(=O)NCc2c[nH]c3ccccc23)cc1. The fourth-order valence-electron chi connectivity index (χ4n) is 2.46. The molecule has 1 aromatic heterocycles. The van der Waals surface area contributed by atoms with Crippen LogP contribution in [0.5, 0.6) is 0 Å². The van der Waals surface area contributed by atoms with Gasteiger partial charge >= 0.3 is 0 Å². The van der Waals surface area contributed by atoms with Gasteiger partial charge in [0.05, 0.1) is 0 Å². The molecule has 3 N–H and O–H groups in total. The Morgan fingerprint density at radius 3 is 2.52 bits per heavy atom. The number of carbonyl (C=O) groups is 2. The van der Waals surface area contributed by atoms with Crippen LogP contribution in [-0.4, -0.2) is 16.8 Å². The standard InChI is InChI=1S/C18H17N3O2/c1-12(22)21-15-8-6-13(7-9-15)18(23)20-11-14-10-19-17-5-3-2-4-16(14)17/h2-10,19H,11H2,1H3,(H,20,23)(H,21,22). The molecule has 0 saturated carbocycles. The summed E-state index contributed by atoms with van der Waals surface area (Å²) in [7, 11) is 0. The zero-order valence-electron chi connectivity index (χ0n) is 12.7. The van der Waals surface area contributed by atoms with Crippen LogP contribution in [-0.2, 0) is 11.3 Å². The average Bonchev–Trinajstić information content (AvgIpc) is 2.96. The van der Waals surface area contributed by atoms with E-state index in [-0.39, 0.29) is 11.8 Å². The zero-order chi connectivity index (χ0) is 16.2. The lowest BCUT2D eigenvalue weighted by molar-refractivity contribution is -0.114. The smallest absolute Gasteiger partial charge is 0.251 e. The molecule has 2 amide bonds. The summed E-state index contributed by atoms with van der Waals surface area (Å²) in [5, 5.41) is 6.68. The van der Waals surface area contributed by atoms with E-state index in [1.165, 1.54) is 6.92 Å². The molecule has 5 nitrogen and oxygen atoms in total. The first-order valence-electron chi connectivity index (χ1n) is 7.34. The lowest BCUT2D eigenvalue weighted by Crippen LogP contribution is -2.22. The highest BCUT2D eigenvalue weighted by atomic mass is 16.2. The Bertz CT molecular complexity index is 850. The number of H-pyrrole nitrogens is 1. The van der Waals surface area contributed by atoms with Crippen molar-refractivity contribution in [3.63, 3.8) is 0 Å². The van der Waals surface area contributed by atoms with Gasteiger partial charge in [-0.05, 0) is 35.9 Å². The van der Waals surface area contributed by atoms with E-state index in [1.807, 2.05) is 30.5 Å². The maximum atomic E-state index is 12.2. The predicted octanol–water partition coefficient (Wildman–Crippen LogP) is 3.06. The molecular formula is C18H17N3O2. The summed E-state index contributed by atoms with van der Waals surface area (Å²) < 4.78 is 0. The Kier molecular flexibility index (Phi) is 4.10. The lowest BCUT2D eigenvalue weighted by atomic mass is 10.1. The molecule has 0 fully saturated rings. The first-order valence-corrected chi connectivity index (χ1v) is 7.34. The van der Waals surface area contributed by atoms with E-state index in [1.54, 1.807) is 24.3 Å². The Hall–Kier alpha value is -3.08. The number of hydrogen-bond donors (Lipinski definition) is 3. The zero-order valence-corrected chi connectivity index (χ0v) is 12.7. The fourth-order valence-corrected chi connectivity index (χ4v) is 2.46. The van der Waals surface area contributed by atoms with E-state index in [4.69, 9.17) is 0 Å². The lowest BCUT2D eigenvalue weighted by Gasteiger charge is -2.06. The molecule has 0 bridgehead atoms. The second kappa shape index (κ2) is 6.36. The number of benzene rings is 2. The minimum atomic E-state index is -0.148. The summed E-state index contributed by atoms with van der Waals surface area (Å²) in [6.07, 6.45) is 1.91. The molecule has 116 valence electrons.